The Morgan fingerprint density at radius 3 is 2.36 bits per heavy atom. The van der Waals surface area contributed by atoms with Crippen molar-refractivity contribution >= 4 is 24.0 Å². The van der Waals surface area contributed by atoms with Gasteiger partial charge in [0.25, 0.3) is 0 Å². The second-order valence-electron chi connectivity index (χ2n) is 5.02. The Morgan fingerprint density at radius 2 is 1.86 bits per heavy atom. The average Bonchev–Trinajstić information content (AvgIpc) is 2.44. The molecule has 1 saturated heterocycles. The predicted octanol–water partition coefficient (Wildman–Crippen LogP) is 4.09. The summed E-state index contributed by atoms with van der Waals surface area (Å²) in [6.45, 7) is 2.54. The fourth-order valence-corrected chi connectivity index (χ4v) is 2.92. The molecule has 1 fully saturated rings. The number of hydrogen-bond donors (Lipinski definition) is 1. The summed E-state index contributed by atoms with van der Waals surface area (Å²) in [5.41, 5.74) is -0.222. The zero-order valence-corrected chi connectivity index (χ0v) is 13.4. The van der Waals surface area contributed by atoms with E-state index in [1.54, 1.807) is 0 Å². The molecule has 1 heterocycles. The minimum atomic E-state index is -4.47. The molecule has 1 atom stereocenters. The summed E-state index contributed by atoms with van der Waals surface area (Å²) >= 11 is 5.75. The lowest BCUT2D eigenvalue weighted by atomic mass is 10.00. The van der Waals surface area contributed by atoms with Crippen LogP contribution in [0.5, 0.6) is 0 Å². The summed E-state index contributed by atoms with van der Waals surface area (Å²) in [5.74, 6) is 0. The lowest BCUT2D eigenvalue weighted by Gasteiger charge is -2.35. The summed E-state index contributed by atoms with van der Waals surface area (Å²) in [6.07, 6.45) is -4.22. The highest BCUT2D eigenvalue weighted by molar-refractivity contribution is 6.31. The van der Waals surface area contributed by atoms with Crippen LogP contribution < -0.4 is 5.32 Å². The van der Waals surface area contributed by atoms with Crippen molar-refractivity contribution in [3.05, 3.63) is 34.3 Å². The van der Waals surface area contributed by atoms with Gasteiger partial charge < -0.3 is 5.32 Å². The van der Waals surface area contributed by atoms with Crippen molar-refractivity contribution < 1.29 is 17.6 Å². The van der Waals surface area contributed by atoms with Crippen LogP contribution in [0.4, 0.5) is 17.6 Å². The number of benzene rings is 1. The van der Waals surface area contributed by atoms with Crippen molar-refractivity contribution in [3.8, 4) is 0 Å². The van der Waals surface area contributed by atoms with Crippen molar-refractivity contribution in [2.45, 2.75) is 18.6 Å². The predicted molar refractivity (Wildman–Crippen MR) is 81.5 cm³/mol. The van der Waals surface area contributed by atoms with E-state index in [4.69, 9.17) is 11.6 Å². The van der Waals surface area contributed by atoms with Crippen LogP contribution in [-0.2, 0) is 6.18 Å². The van der Waals surface area contributed by atoms with Crippen LogP contribution in [0.3, 0.4) is 0 Å². The molecule has 126 valence electrons. The lowest BCUT2D eigenvalue weighted by molar-refractivity contribution is -0.137. The number of piperazine rings is 1. The smallest absolute Gasteiger partial charge is 0.314 e. The first-order chi connectivity index (χ1) is 9.93. The van der Waals surface area contributed by atoms with Crippen molar-refractivity contribution in [1.82, 2.24) is 10.2 Å². The molecule has 22 heavy (non-hydrogen) atoms. The summed E-state index contributed by atoms with van der Waals surface area (Å²) in [7, 11) is 0. The molecule has 1 aliphatic rings. The highest BCUT2D eigenvalue weighted by atomic mass is 35.5. The van der Waals surface area contributed by atoms with E-state index in [1.165, 1.54) is 12.1 Å². The van der Waals surface area contributed by atoms with Crippen LogP contribution in [0.1, 0.15) is 23.6 Å². The van der Waals surface area contributed by atoms with Gasteiger partial charge in [0.1, 0.15) is 0 Å². The first-order valence-corrected chi connectivity index (χ1v) is 7.18. The highest BCUT2D eigenvalue weighted by Gasteiger charge is 2.33. The van der Waals surface area contributed by atoms with Gasteiger partial charge in [-0.1, -0.05) is 17.7 Å². The van der Waals surface area contributed by atoms with Gasteiger partial charge in [0, 0.05) is 32.2 Å². The number of nitrogens with one attached hydrogen (secondary N) is 1. The second kappa shape index (κ2) is 8.34. The molecule has 1 aliphatic heterocycles. The van der Waals surface area contributed by atoms with Gasteiger partial charge in [-0.15, -0.1) is 12.4 Å². The number of rotatable bonds is 4. The quantitative estimate of drug-likeness (QED) is 0.813. The fourth-order valence-electron chi connectivity index (χ4n) is 2.63. The number of nitrogens with zero attached hydrogens (tertiary/aromatic N) is 1. The SMILES string of the molecule is Cl.FCC[C@H](c1ccc(C(F)(F)F)c(Cl)c1)N1CCNCC1. The number of alkyl halides is 4. The van der Waals surface area contributed by atoms with Gasteiger partial charge in [-0.25, -0.2) is 0 Å². The molecule has 1 N–H and O–H groups in total. The highest BCUT2D eigenvalue weighted by Crippen LogP contribution is 2.37. The van der Waals surface area contributed by atoms with E-state index >= 15 is 0 Å². The lowest BCUT2D eigenvalue weighted by Crippen LogP contribution is -2.45. The van der Waals surface area contributed by atoms with Crippen LogP contribution in [0.15, 0.2) is 18.2 Å². The van der Waals surface area contributed by atoms with Crippen LogP contribution in [-0.4, -0.2) is 37.8 Å². The van der Waals surface area contributed by atoms with Gasteiger partial charge >= 0.3 is 6.18 Å². The molecule has 8 heteroatoms. The van der Waals surface area contributed by atoms with Crippen molar-refractivity contribution in [2.24, 2.45) is 0 Å². The minimum absolute atomic E-state index is 0. The van der Waals surface area contributed by atoms with E-state index in [0.29, 0.717) is 5.56 Å². The average molecular weight is 361 g/mol. The molecule has 1 aromatic carbocycles. The largest absolute Gasteiger partial charge is 0.417 e. The van der Waals surface area contributed by atoms with E-state index in [9.17, 15) is 17.6 Å². The summed E-state index contributed by atoms with van der Waals surface area (Å²) < 4.78 is 51.0. The van der Waals surface area contributed by atoms with E-state index in [-0.39, 0.29) is 29.9 Å². The van der Waals surface area contributed by atoms with Gasteiger partial charge in [0.15, 0.2) is 0 Å². The summed E-state index contributed by atoms with van der Waals surface area (Å²) in [5, 5.41) is 2.86. The molecule has 2 nitrogen and oxygen atoms in total. The molecular formula is C14H18Cl2F4N2. The molecule has 0 unspecified atom stereocenters. The van der Waals surface area contributed by atoms with E-state index in [1.807, 2.05) is 0 Å². The van der Waals surface area contributed by atoms with Crippen LogP contribution in [0.2, 0.25) is 5.02 Å². The molecule has 0 aliphatic carbocycles. The third-order valence-electron chi connectivity index (χ3n) is 3.66. The number of hydrogen-bond acceptors (Lipinski definition) is 2. The maximum atomic E-state index is 12.8. The maximum absolute atomic E-state index is 12.8. The summed E-state index contributed by atoms with van der Waals surface area (Å²) in [4.78, 5) is 2.08. The minimum Gasteiger partial charge on any atom is -0.314 e. The molecule has 0 bridgehead atoms. The third kappa shape index (κ3) is 4.72. The number of halogens is 6. The Balaban J connectivity index is 0.00000242. The normalized spacial score (nSPS) is 17.9. The Bertz CT molecular complexity index is 476. The first kappa shape index (κ1) is 19.5. The third-order valence-corrected chi connectivity index (χ3v) is 3.97. The Kier molecular flexibility index (Phi) is 7.38. The standard InChI is InChI=1S/C14H17ClF4N2.ClH/c15-12-9-10(1-2-11(12)14(17,18)19)13(3-4-16)21-7-5-20-6-8-21;/h1-2,9,13,20H,3-8H2;1H/t13-;/m1./s1. The monoisotopic (exact) mass is 360 g/mol. The van der Waals surface area contributed by atoms with Gasteiger partial charge in [0.2, 0.25) is 0 Å². The molecule has 2 rings (SSSR count). The molecule has 0 amide bonds. The summed E-state index contributed by atoms with van der Waals surface area (Å²) in [6, 6.07) is 3.45. The van der Waals surface area contributed by atoms with E-state index < -0.39 is 18.4 Å². The fraction of sp³-hybridized carbons (Fsp3) is 0.571. The zero-order valence-electron chi connectivity index (χ0n) is 11.8. The van der Waals surface area contributed by atoms with Gasteiger partial charge in [-0.2, -0.15) is 13.2 Å². The van der Waals surface area contributed by atoms with Gasteiger partial charge in [-0.05, 0) is 24.1 Å². The first-order valence-electron chi connectivity index (χ1n) is 6.81. The van der Waals surface area contributed by atoms with Gasteiger partial charge in [-0.3, -0.25) is 9.29 Å². The van der Waals surface area contributed by atoms with Crippen LogP contribution in [0.25, 0.3) is 0 Å². The van der Waals surface area contributed by atoms with E-state index in [0.717, 1.165) is 32.2 Å². The molecule has 0 saturated carbocycles. The Morgan fingerprint density at radius 1 is 1.23 bits per heavy atom. The second-order valence-corrected chi connectivity index (χ2v) is 5.42. The Labute approximate surface area is 138 Å². The Hall–Kier alpha value is -0.560. The molecule has 0 aromatic heterocycles. The van der Waals surface area contributed by atoms with Crippen molar-refractivity contribution in [3.63, 3.8) is 0 Å². The molecule has 1 aromatic rings. The molecule has 0 radical (unpaired) electrons. The van der Waals surface area contributed by atoms with E-state index in [2.05, 4.69) is 10.2 Å². The molecular weight excluding hydrogens is 343 g/mol. The van der Waals surface area contributed by atoms with Crippen LogP contribution in [0, 0.1) is 0 Å². The topological polar surface area (TPSA) is 15.3 Å². The molecule has 0 spiro atoms. The van der Waals surface area contributed by atoms with Crippen molar-refractivity contribution in [1.29, 1.82) is 0 Å². The van der Waals surface area contributed by atoms with Crippen molar-refractivity contribution in [2.75, 3.05) is 32.9 Å². The van der Waals surface area contributed by atoms with Gasteiger partial charge in [0.05, 0.1) is 17.3 Å². The van der Waals surface area contributed by atoms with Crippen LogP contribution >= 0.6 is 24.0 Å². The zero-order chi connectivity index (χ0) is 15.5. The maximum Gasteiger partial charge on any atom is 0.417 e.